The van der Waals surface area contributed by atoms with Crippen molar-refractivity contribution in [1.29, 1.82) is 0 Å². The first-order valence-electron chi connectivity index (χ1n) is 7.40. The Balaban J connectivity index is 0.00000220. The average molecular weight is 369 g/mol. The molecule has 0 atom stereocenters. The third-order valence-electron chi connectivity index (χ3n) is 3.71. The van der Waals surface area contributed by atoms with E-state index in [1.807, 2.05) is 0 Å². The minimum Gasteiger partial charge on any atom is -0.348 e. The lowest BCUT2D eigenvalue weighted by molar-refractivity contribution is 0.0906. The molecule has 0 bridgehead atoms. The van der Waals surface area contributed by atoms with E-state index in [1.54, 1.807) is 5.38 Å². The second-order valence-corrected chi connectivity index (χ2v) is 6.22. The van der Waals surface area contributed by atoms with Crippen LogP contribution in [0.25, 0.3) is 0 Å². The molecular weight excluding hydrogens is 343 g/mol. The number of piperidine rings is 1. The number of likely N-dealkylation sites (tertiary alicyclic amines) is 1. The molecule has 0 radical (unpaired) electrons. The summed E-state index contributed by atoms with van der Waals surface area (Å²) < 4.78 is 0. The first-order chi connectivity index (χ1) is 9.72. The number of nitrogens with one attached hydrogen (secondary N) is 1. The molecule has 0 spiro atoms. The van der Waals surface area contributed by atoms with Gasteiger partial charge in [0.1, 0.15) is 10.7 Å². The smallest absolute Gasteiger partial charge is 0.270 e. The Morgan fingerprint density at radius 2 is 2.14 bits per heavy atom. The number of halogens is 2. The van der Waals surface area contributed by atoms with Gasteiger partial charge in [0, 0.05) is 31.1 Å². The van der Waals surface area contributed by atoms with Crippen LogP contribution in [0.4, 0.5) is 0 Å². The highest BCUT2D eigenvalue weighted by molar-refractivity contribution is 7.09. The van der Waals surface area contributed by atoms with Crippen molar-refractivity contribution in [1.82, 2.24) is 15.2 Å². The van der Waals surface area contributed by atoms with Gasteiger partial charge in [-0.3, -0.25) is 4.79 Å². The highest BCUT2D eigenvalue weighted by atomic mass is 35.5. The number of carbonyl (C=O) groups excluding carboxylic acids is 1. The molecule has 0 aromatic carbocycles. The van der Waals surface area contributed by atoms with Gasteiger partial charge in [-0.1, -0.05) is 13.3 Å². The van der Waals surface area contributed by atoms with Gasteiger partial charge >= 0.3 is 0 Å². The van der Waals surface area contributed by atoms with Crippen LogP contribution in [-0.4, -0.2) is 41.5 Å². The molecule has 1 fully saturated rings. The van der Waals surface area contributed by atoms with Crippen LogP contribution in [0.15, 0.2) is 5.38 Å². The summed E-state index contributed by atoms with van der Waals surface area (Å²) in [7, 11) is 0. The van der Waals surface area contributed by atoms with Crippen LogP contribution in [0.3, 0.4) is 0 Å². The Bertz CT molecular complexity index is 436. The van der Waals surface area contributed by atoms with Crippen LogP contribution in [0, 0.1) is 0 Å². The molecule has 1 saturated heterocycles. The lowest BCUT2D eigenvalue weighted by Gasteiger charge is -2.32. The summed E-state index contributed by atoms with van der Waals surface area (Å²) in [5, 5.41) is 5.68. The Morgan fingerprint density at radius 1 is 1.45 bits per heavy atom. The summed E-state index contributed by atoms with van der Waals surface area (Å²) in [6.07, 6.45) is 4.56. The summed E-state index contributed by atoms with van der Waals surface area (Å²) in [6.45, 7) is 5.96. The maximum absolute atomic E-state index is 12.1. The molecule has 0 unspecified atom stereocenters. The second kappa shape index (κ2) is 11.2. The highest BCUT2D eigenvalue weighted by Gasteiger charge is 2.21. The summed E-state index contributed by atoms with van der Waals surface area (Å²) in [5.41, 5.74) is 6.02. The molecule has 1 amide bonds. The van der Waals surface area contributed by atoms with E-state index in [9.17, 15) is 4.79 Å². The zero-order valence-corrected chi connectivity index (χ0v) is 15.4. The molecule has 128 valence electrons. The molecule has 0 saturated carbocycles. The van der Waals surface area contributed by atoms with Crippen LogP contribution in [-0.2, 0) is 6.54 Å². The Labute approximate surface area is 148 Å². The normalized spacial score (nSPS) is 15.7. The zero-order valence-electron chi connectivity index (χ0n) is 12.9. The standard InChI is InChI=1S/C14H24N4OS.2ClH/c1-2-3-6-18-7-4-11(5-8-18)16-14(19)12-10-20-13(9-15)17-12;;/h10-11H,2-9,15H2,1H3,(H,16,19);2*1H. The van der Waals surface area contributed by atoms with E-state index in [4.69, 9.17) is 5.73 Å². The highest BCUT2D eigenvalue weighted by Crippen LogP contribution is 2.13. The summed E-state index contributed by atoms with van der Waals surface area (Å²) in [6, 6.07) is 0.281. The molecule has 5 nitrogen and oxygen atoms in total. The van der Waals surface area contributed by atoms with Crippen molar-refractivity contribution in [2.45, 2.75) is 45.2 Å². The number of aromatic nitrogens is 1. The quantitative estimate of drug-likeness (QED) is 0.808. The monoisotopic (exact) mass is 368 g/mol. The molecule has 2 rings (SSSR count). The van der Waals surface area contributed by atoms with Crippen molar-refractivity contribution in [2.24, 2.45) is 5.73 Å². The maximum atomic E-state index is 12.1. The van der Waals surface area contributed by atoms with E-state index in [2.05, 4.69) is 22.1 Å². The third kappa shape index (κ3) is 6.38. The van der Waals surface area contributed by atoms with Crippen LogP contribution >= 0.6 is 36.2 Å². The number of nitrogens with two attached hydrogens (primary N) is 1. The summed E-state index contributed by atoms with van der Waals surface area (Å²) in [4.78, 5) is 18.8. The van der Waals surface area contributed by atoms with Crippen molar-refractivity contribution in [2.75, 3.05) is 19.6 Å². The van der Waals surface area contributed by atoms with Gasteiger partial charge in [-0.2, -0.15) is 0 Å². The SMILES string of the molecule is CCCCN1CCC(NC(=O)c2csc(CN)n2)CC1.Cl.Cl. The molecule has 0 aliphatic carbocycles. The van der Waals surface area contributed by atoms with Crippen molar-refractivity contribution in [3.05, 3.63) is 16.1 Å². The number of thiazole rings is 1. The predicted octanol–water partition coefficient (Wildman–Crippen LogP) is 2.44. The van der Waals surface area contributed by atoms with E-state index in [1.165, 1.54) is 30.7 Å². The number of carbonyl (C=O) groups is 1. The number of amides is 1. The number of unbranched alkanes of at least 4 members (excludes halogenated alkanes) is 1. The van der Waals surface area contributed by atoms with E-state index in [-0.39, 0.29) is 36.8 Å². The van der Waals surface area contributed by atoms with Gasteiger partial charge in [-0.25, -0.2) is 4.98 Å². The number of hydrogen-bond acceptors (Lipinski definition) is 5. The third-order valence-corrected chi connectivity index (χ3v) is 4.58. The molecule has 1 aromatic rings. The van der Waals surface area contributed by atoms with Crippen LogP contribution in [0.5, 0.6) is 0 Å². The van der Waals surface area contributed by atoms with E-state index >= 15 is 0 Å². The number of nitrogens with zero attached hydrogens (tertiary/aromatic N) is 2. The van der Waals surface area contributed by atoms with Gasteiger partial charge in [-0.05, 0) is 25.8 Å². The van der Waals surface area contributed by atoms with Gasteiger partial charge in [0.05, 0.1) is 0 Å². The van der Waals surface area contributed by atoms with E-state index in [0.717, 1.165) is 30.9 Å². The van der Waals surface area contributed by atoms with Gasteiger partial charge in [-0.15, -0.1) is 36.2 Å². The Kier molecular flexibility index (Phi) is 11.0. The topological polar surface area (TPSA) is 71.2 Å². The van der Waals surface area contributed by atoms with E-state index < -0.39 is 0 Å². The fourth-order valence-corrected chi connectivity index (χ4v) is 3.11. The Hall–Kier alpha value is -0.400. The van der Waals surface area contributed by atoms with Crippen molar-refractivity contribution in [3.63, 3.8) is 0 Å². The van der Waals surface area contributed by atoms with Crippen LogP contribution in [0.1, 0.15) is 48.1 Å². The summed E-state index contributed by atoms with van der Waals surface area (Å²) in [5.74, 6) is -0.0621. The van der Waals surface area contributed by atoms with Crippen LogP contribution < -0.4 is 11.1 Å². The molecule has 8 heteroatoms. The van der Waals surface area contributed by atoms with Crippen molar-refractivity contribution >= 4 is 42.1 Å². The molecule has 1 aliphatic heterocycles. The minimum absolute atomic E-state index is 0. The average Bonchev–Trinajstić information content (AvgIpc) is 2.95. The van der Waals surface area contributed by atoms with Crippen LogP contribution in [0.2, 0.25) is 0 Å². The van der Waals surface area contributed by atoms with Gasteiger partial charge in [0.25, 0.3) is 5.91 Å². The number of hydrogen-bond donors (Lipinski definition) is 2. The molecule has 3 N–H and O–H groups in total. The molecule has 1 aliphatic rings. The maximum Gasteiger partial charge on any atom is 0.270 e. The molecule has 22 heavy (non-hydrogen) atoms. The van der Waals surface area contributed by atoms with Crippen molar-refractivity contribution in [3.8, 4) is 0 Å². The Morgan fingerprint density at radius 3 is 2.68 bits per heavy atom. The zero-order chi connectivity index (χ0) is 14.4. The first kappa shape index (κ1) is 21.6. The second-order valence-electron chi connectivity index (χ2n) is 5.27. The molecular formula is C14H26Cl2N4OS. The van der Waals surface area contributed by atoms with Gasteiger partial charge in [0.15, 0.2) is 0 Å². The largest absolute Gasteiger partial charge is 0.348 e. The summed E-state index contributed by atoms with van der Waals surface area (Å²) >= 11 is 1.44. The van der Waals surface area contributed by atoms with E-state index in [0.29, 0.717) is 12.2 Å². The fourth-order valence-electron chi connectivity index (χ4n) is 2.45. The predicted molar refractivity (Wildman–Crippen MR) is 96.3 cm³/mol. The first-order valence-corrected chi connectivity index (χ1v) is 8.28. The lowest BCUT2D eigenvalue weighted by atomic mass is 10.0. The number of rotatable bonds is 6. The lowest BCUT2D eigenvalue weighted by Crippen LogP contribution is -2.44. The van der Waals surface area contributed by atoms with Gasteiger partial charge < -0.3 is 16.0 Å². The molecule has 2 heterocycles. The molecule has 1 aromatic heterocycles. The van der Waals surface area contributed by atoms with Crippen molar-refractivity contribution < 1.29 is 4.79 Å². The fraction of sp³-hybridized carbons (Fsp3) is 0.714. The minimum atomic E-state index is -0.0621. The van der Waals surface area contributed by atoms with Gasteiger partial charge in [0.2, 0.25) is 0 Å².